The van der Waals surface area contributed by atoms with E-state index in [1.54, 1.807) is 24.3 Å². The van der Waals surface area contributed by atoms with Gasteiger partial charge < -0.3 is 15.3 Å². The highest BCUT2D eigenvalue weighted by molar-refractivity contribution is 5.27. The Morgan fingerprint density at radius 1 is 1.00 bits per heavy atom. The summed E-state index contributed by atoms with van der Waals surface area (Å²) in [5.41, 5.74) is 0.842. The number of rotatable bonds is 3. The third-order valence-corrected chi connectivity index (χ3v) is 6.40. The maximum absolute atomic E-state index is 10.2. The van der Waals surface area contributed by atoms with Crippen molar-refractivity contribution in [3.8, 4) is 5.75 Å². The zero-order valence-corrected chi connectivity index (χ0v) is 16.1. The summed E-state index contributed by atoms with van der Waals surface area (Å²) in [5, 5.41) is 29.1. The molecule has 3 fully saturated rings. The van der Waals surface area contributed by atoms with Gasteiger partial charge in [0.05, 0.1) is 12.2 Å². The van der Waals surface area contributed by atoms with Crippen molar-refractivity contribution in [3.63, 3.8) is 0 Å². The lowest BCUT2D eigenvalue weighted by molar-refractivity contribution is 0.113. The number of benzene rings is 1. The first-order valence-corrected chi connectivity index (χ1v) is 10.4. The fraction of sp³-hybridized carbons (Fsp3) is 0.739. The molecule has 27 heavy (non-hydrogen) atoms. The van der Waals surface area contributed by atoms with Gasteiger partial charge in [-0.1, -0.05) is 58.6 Å². The molecule has 2 aliphatic carbocycles. The minimum absolute atomic E-state index is 0. The van der Waals surface area contributed by atoms with Crippen LogP contribution in [0.1, 0.15) is 71.0 Å². The fourth-order valence-electron chi connectivity index (χ4n) is 4.87. The Balaban J connectivity index is 0.000000278. The molecular formula is C23H39NO3. The molecule has 3 aliphatic rings. The number of phenolic OH excluding ortho intramolecular Hbond substituents is 1. The molecule has 1 saturated heterocycles. The van der Waals surface area contributed by atoms with Crippen molar-refractivity contribution < 1.29 is 15.3 Å². The quantitative estimate of drug-likeness (QED) is 0.733. The molecule has 4 nitrogen and oxygen atoms in total. The highest BCUT2D eigenvalue weighted by atomic mass is 16.3. The monoisotopic (exact) mass is 377 g/mol. The summed E-state index contributed by atoms with van der Waals surface area (Å²) in [6.07, 6.45) is 8.64. The van der Waals surface area contributed by atoms with Gasteiger partial charge in [-0.2, -0.15) is 0 Å². The third-order valence-electron chi connectivity index (χ3n) is 6.40. The molecule has 3 N–H and O–H groups in total. The van der Waals surface area contributed by atoms with Gasteiger partial charge in [-0.05, 0) is 48.3 Å². The number of aliphatic hydroxyl groups excluding tert-OH is 2. The fourth-order valence-corrected chi connectivity index (χ4v) is 4.87. The minimum Gasteiger partial charge on any atom is -0.508 e. The molecule has 0 aromatic heterocycles. The predicted octanol–water partition coefficient (Wildman–Crippen LogP) is 4.35. The van der Waals surface area contributed by atoms with Crippen molar-refractivity contribution in [1.82, 2.24) is 4.90 Å². The van der Waals surface area contributed by atoms with Gasteiger partial charge in [0.1, 0.15) is 5.75 Å². The summed E-state index contributed by atoms with van der Waals surface area (Å²) in [5.74, 6) is 2.46. The molecule has 0 spiro atoms. The summed E-state index contributed by atoms with van der Waals surface area (Å²) in [6, 6.07) is 6.74. The number of hydrogen-bond donors (Lipinski definition) is 3. The van der Waals surface area contributed by atoms with Crippen molar-refractivity contribution in [2.45, 2.75) is 71.5 Å². The number of likely N-dealkylation sites (tertiary alicyclic amines) is 1. The van der Waals surface area contributed by atoms with E-state index in [0.717, 1.165) is 37.4 Å². The average Bonchev–Trinajstić information content (AvgIpc) is 3.13. The number of aromatic hydroxyl groups is 1. The van der Waals surface area contributed by atoms with Crippen LogP contribution in [-0.4, -0.2) is 46.0 Å². The third kappa shape index (κ3) is 6.48. The van der Waals surface area contributed by atoms with Gasteiger partial charge in [-0.3, -0.25) is 4.90 Å². The van der Waals surface area contributed by atoms with Crippen LogP contribution in [0.5, 0.6) is 5.75 Å². The lowest BCUT2D eigenvalue weighted by atomic mass is 9.91. The van der Waals surface area contributed by atoms with Crippen LogP contribution in [0.15, 0.2) is 24.3 Å². The molecule has 1 aromatic rings. The number of phenols is 1. The van der Waals surface area contributed by atoms with E-state index in [1.807, 2.05) is 0 Å². The van der Waals surface area contributed by atoms with Crippen molar-refractivity contribution >= 4 is 0 Å². The van der Waals surface area contributed by atoms with E-state index in [-0.39, 0.29) is 19.3 Å². The van der Waals surface area contributed by atoms with Crippen molar-refractivity contribution in [2.75, 3.05) is 19.6 Å². The maximum Gasteiger partial charge on any atom is 0.115 e. The van der Waals surface area contributed by atoms with Gasteiger partial charge in [0.2, 0.25) is 0 Å². The maximum atomic E-state index is 10.2. The number of β-amino-alcohol motifs (C(OH)–C–C–N with tert-alkyl or cyclic N) is 1. The van der Waals surface area contributed by atoms with Gasteiger partial charge >= 0.3 is 0 Å². The summed E-state index contributed by atoms with van der Waals surface area (Å²) in [6.45, 7) is 4.96. The Morgan fingerprint density at radius 3 is 2.04 bits per heavy atom. The van der Waals surface area contributed by atoms with Crippen LogP contribution in [0.3, 0.4) is 0 Å². The summed E-state index contributed by atoms with van der Waals surface area (Å²) < 4.78 is 0. The molecule has 0 radical (unpaired) electrons. The average molecular weight is 378 g/mol. The van der Waals surface area contributed by atoms with Crippen LogP contribution in [0.4, 0.5) is 0 Å². The predicted molar refractivity (Wildman–Crippen MR) is 111 cm³/mol. The van der Waals surface area contributed by atoms with Gasteiger partial charge in [0.25, 0.3) is 0 Å². The first kappa shape index (κ1) is 22.2. The summed E-state index contributed by atoms with van der Waals surface area (Å²) >= 11 is 0. The molecule has 0 bridgehead atoms. The molecular weight excluding hydrogens is 338 g/mol. The van der Waals surface area contributed by atoms with E-state index in [0.29, 0.717) is 18.4 Å². The number of hydrogen-bond acceptors (Lipinski definition) is 4. The smallest absolute Gasteiger partial charge is 0.115 e. The minimum atomic E-state index is -0.510. The molecule has 2 saturated carbocycles. The molecule has 3 atom stereocenters. The van der Waals surface area contributed by atoms with Crippen molar-refractivity contribution in [2.24, 2.45) is 17.8 Å². The zero-order chi connectivity index (χ0) is 18.5. The number of aliphatic hydroxyl groups is 2. The van der Waals surface area contributed by atoms with E-state index in [9.17, 15) is 15.3 Å². The summed E-state index contributed by atoms with van der Waals surface area (Å²) in [7, 11) is 0. The lowest BCUT2D eigenvalue weighted by Crippen LogP contribution is -2.28. The van der Waals surface area contributed by atoms with Gasteiger partial charge in [0.15, 0.2) is 0 Å². The topological polar surface area (TPSA) is 63.9 Å². The number of nitrogens with zero attached hydrogens (tertiary/aromatic N) is 1. The molecule has 1 aromatic carbocycles. The Morgan fingerprint density at radius 2 is 1.56 bits per heavy atom. The van der Waals surface area contributed by atoms with Crippen LogP contribution in [0.2, 0.25) is 0 Å². The molecule has 1 heterocycles. The van der Waals surface area contributed by atoms with E-state index in [2.05, 4.69) is 11.8 Å². The SMILES string of the molecule is C.CC1CCCCC1.Oc1ccc(C(O)CN2CC3CC(O)CC3C2)cc1. The second-order valence-electron chi connectivity index (χ2n) is 8.71. The molecule has 4 heteroatoms. The highest BCUT2D eigenvalue weighted by Crippen LogP contribution is 2.38. The van der Waals surface area contributed by atoms with Crippen LogP contribution in [-0.2, 0) is 0 Å². The van der Waals surface area contributed by atoms with Gasteiger partial charge in [0, 0.05) is 19.6 Å². The molecule has 4 rings (SSSR count). The second kappa shape index (κ2) is 10.4. The van der Waals surface area contributed by atoms with E-state index in [4.69, 9.17) is 0 Å². The van der Waals surface area contributed by atoms with Gasteiger partial charge in [-0.25, -0.2) is 0 Å². The molecule has 0 amide bonds. The second-order valence-corrected chi connectivity index (χ2v) is 8.71. The first-order chi connectivity index (χ1) is 12.5. The molecule has 3 unspecified atom stereocenters. The summed E-state index contributed by atoms with van der Waals surface area (Å²) in [4.78, 5) is 2.29. The zero-order valence-electron chi connectivity index (χ0n) is 16.1. The molecule has 1 aliphatic heterocycles. The van der Waals surface area contributed by atoms with E-state index in [1.165, 1.54) is 32.1 Å². The van der Waals surface area contributed by atoms with Crippen LogP contribution in [0.25, 0.3) is 0 Å². The largest absolute Gasteiger partial charge is 0.508 e. The van der Waals surface area contributed by atoms with Crippen LogP contribution >= 0.6 is 0 Å². The molecule has 154 valence electrons. The normalized spacial score (nSPS) is 29.4. The van der Waals surface area contributed by atoms with E-state index < -0.39 is 6.10 Å². The first-order valence-electron chi connectivity index (χ1n) is 10.4. The number of fused-ring (bicyclic) bond motifs is 1. The van der Waals surface area contributed by atoms with Crippen LogP contribution < -0.4 is 0 Å². The Hall–Kier alpha value is -1.10. The van der Waals surface area contributed by atoms with Crippen LogP contribution in [0, 0.1) is 17.8 Å². The standard InChI is InChI=1S/C15H21NO3.C7H14.CH4/c17-13-3-1-10(2-4-13)15(19)9-16-7-11-5-14(18)6-12(11)8-16;1-7-5-3-2-4-6-7;/h1-4,11-12,14-15,17-19H,5-9H2;7H,2-6H2,1H3;1H4. The Labute approximate surface area is 165 Å². The van der Waals surface area contributed by atoms with Crippen molar-refractivity contribution in [3.05, 3.63) is 29.8 Å². The Bertz CT molecular complexity index is 527. The van der Waals surface area contributed by atoms with Crippen molar-refractivity contribution in [1.29, 1.82) is 0 Å². The van der Waals surface area contributed by atoms with E-state index >= 15 is 0 Å². The highest BCUT2D eigenvalue weighted by Gasteiger charge is 2.40. The Kier molecular flexibility index (Phi) is 8.59. The van der Waals surface area contributed by atoms with Gasteiger partial charge in [-0.15, -0.1) is 0 Å². The lowest BCUT2D eigenvalue weighted by Gasteiger charge is -2.21.